The third kappa shape index (κ3) is 3.54. The molecule has 2 rings (SSSR count). The SMILES string of the molecule is CCCn1cncc1CNCC1CCN(C)C1. The number of aromatic nitrogens is 2. The molecule has 1 fully saturated rings. The van der Waals surface area contributed by atoms with Crippen LogP contribution in [0, 0.1) is 5.92 Å². The van der Waals surface area contributed by atoms with Crippen molar-refractivity contribution >= 4 is 0 Å². The quantitative estimate of drug-likeness (QED) is 0.809. The molecule has 2 heterocycles. The highest BCUT2D eigenvalue weighted by molar-refractivity contribution is 4.97. The van der Waals surface area contributed by atoms with Crippen molar-refractivity contribution in [3.05, 3.63) is 18.2 Å². The van der Waals surface area contributed by atoms with Gasteiger partial charge in [-0.3, -0.25) is 0 Å². The maximum absolute atomic E-state index is 4.22. The van der Waals surface area contributed by atoms with Gasteiger partial charge in [0, 0.05) is 25.8 Å². The molecule has 0 spiro atoms. The molecular formula is C13H24N4. The van der Waals surface area contributed by atoms with Crippen molar-refractivity contribution in [3.8, 4) is 0 Å². The Morgan fingerprint density at radius 2 is 2.41 bits per heavy atom. The van der Waals surface area contributed by atoms with Gasteiger partial charge in [0.2, 0.25) is 0 Å². The van der Waals surface area contributed by atoms with Crippen molar-refractivity contribution < 1.29 is 0 Å². The molecule has 1 aliphatic heterocycles. The number of aryl methyl sites for hydroxylation is 1. The minimum atomic E-state index is 0.822. The molecule has 1 aliphatic rings. The maximum Gasteiger partial charge on any atom is 0.0948 e. The number of nitrogens with one attached hydrogen (secondary N) is 1. The zero-order valence-corrected chi connectivity index (χ0v) is 11.0. The van der Waals surface area contributed by atoms with Crippen LogP contribution >= 0.6 is 0 Å². The van der Waals surface area contributed by atoms with E-state index in [1.807, 2.05) is 12.5 Å². The van der Waals surface area contributed by atoms with E-state index in [2.05, 4.69) is 33.7 Å². The number of nitrogens with zero attached hydrogens (tertiary/aromatic N) is 3. The van der Waals surface area contributed by atoms with E-state index in [0.29, 0.717) is 0 Å². The molecule has 4 nitrogen and oxygen atoms in total. The second-order valence-corrected chi connectivity index (χ2v) is 5.13. The van der Waals surface area contributed by atoms with Crippen molar-refractivity contribution in [1.82, 2.24) is 19.8 Å². The standard InChI is InChI=1S/C13H24N4/c1-3-5-17-11-15-9-13(17)8-14-7-12-4-6-16(2)10-12/h9,11-12,14H,3-8,10H2,1-2H3. The zero-order valence-electron chi connectivity index (χ0n) is 11.0. The Labute approximate surface area is 104 Å². The topological polar surface area (TPSA) is 33.1 Å². The Morgan fingerprint density at radius 1 is 1.53 bits per heavy atom. The smallest absolute Gasteiger partial charge is 0.0948 e. The van der Waals surface area contributed by atoms with E-state index in [9.17, 15) is 0 Å². The molecule has 0 saturated carbocycles. The first-order chi connectivity index (χ1) is 8.29. The fraction of sp³-hybridized carbons (Fsp3) is 0.769. The summed E-state index contributed by atoms with van der Waals surface area (Å²) < 4.78 is 2.24. The van der Waals surface area contributed by atoms with Crippen LogP contribution in [0.2, 0.25) is 0 Å². The summed E-state index contributed by atoms with van der Waals surface area (Å²) in [5, 5.41) is 3.56. The molecule has 0 aliphatic carbocycles. The van der Waals surface area contributed by atoms with Gasteiger partial charge in [-0.25, -0.2) is 4.98 Å². The van der Waals surface area contributed by atoms with Crippen LogP contribution in [0.3, 0.4) is 0 Å². The van der Waals surface area contributed by atoms with Gasteiger partial charge in [0.05, 0.1) is 12.0 Å². The van der Waals surface area contributed by atoms with Crippen LogP contribution in [0.15, 0.2) is 12.5 Å². The molecule has 0 bridgehead atoms. The van der Waals surface area contributed by atoms with Crippen molar-refractivity contribution in [2.45, 2.75) is 32.9 Å². The molecule has 0 aromatic carbocycles. The number of imidazole rings is 1. The molecule has 0 amide bonds. The third-order valence-corrected chi connectivity index (χ3v) is 3.49. The van der Waals surface area contributed by atoms with Gasteiger partial charge in [0.15, 0.2) is 0 Å². The molecule has 1 saturated heterocycles. The van der Waals surface area contributed by atoms with Gasteiger partial charge in [0.1, 0.15) is 0 Å². The van der Waals surface area contributed by atoms with Gasteiger partial charge in [-0.05, 0) is 38.9 Å². The van der Waals surface area contributed by atoms with Crippen molar-refractivity contribution in [2.24, 2.45) is 5.92 Å². The summed E-state index contributed by atoms with van der Waals surface area (Å²) in [6, 6.07) is 0. The molecule has 1 atom stereocenters. The van der Waals surface area contributed by atoms with Crippen LogP contribution in [-0.2, 0) is 13.1 Å². The van der Waals surface area contributed by atoms with Gasteiger partial charge in [-0.1, -0.05) is 6.92 Å². The normalized spacial score (nSPS) is 21.2. The van der Waals surface area contributed by atoms with Gasteiger partial charge in [0.25, 0.3) is 0 Å². The van der Waals surface area contributed by atoms with E-state index in [0.717, 1.165) is 32.0 Å². The first-order valence-electron chi connectivity index (χ1n) is 6.68. The van der Waals surface area contributed by atoms with Crippen LogP contribution in [0.1, 0.15) is 25.5 Å². The summed E-state index contributed by atoms with van der Waals surface area (Å²) in [6.45, 7) is 7.83. The first-order valence-corrected chi connectivity index (χ1v) is 6.68. The monoisotopic (exact) mass is 236 g/mol. The summed E-state index contributed by atoms with van der Waals surface area (Å²) in [5.74, 6) is 0.822. The average Bonchev–Trinajstić information content (AvgIpc) is 2.90. The Hall–Kier alpha value is -0.870. The molecule has 0 radical (unpaired) electrons. The minimum absolute atomic E-state index is 0.822. The van der Waals surface area contributed by atoms with Crippen LogP contribution < -0.4 is 5.32 Å². The summed E-state index contributed by atoms with van der Waals surface area (Å²) in [6.07, 6.45) is 6.40. The lowest BCUT2D eigenvalue weighted by Crippen LogP contribution is -2.25. The minimum Gasteiger partial charge on any atom is -0.333 e. The largest absolute Gasteiger partial charge is 0.333 e. The molecule has 1 aromatic rings. The molecule has 1 unspecified atom stereocenters. The highest BCUT2D eigenvalue weighted by Crippen LogP contribution is 2.13. The molecule has 1 N–H and O–H groups in total. The lowest BCUT2D eigenvalue weighted by atomic mass is 10.1. The third-order valence-electron chi connectivity index (χ3n) is 3.49. The first kappa shape index (κ1) is 12.6. The summed E-state index contributed by atoms with van der Waals surface area (Å²) in [4.78, 5) is 6.63. The van der Waals surface area contributed by atoms with Gasteiger partial charge in [-0.15, -0.1) is 0 Å². The zero-order chi connectivity index (χ0) is 12.1. The molecule has 17 heavy (non-hydrogen) atoms. The van der Waals surface area contributed by atoms with E-state index < -0.39 is 0 Å². The van der Waals surface area contributed by atoms with Gasteiger partial charge >= 0.3 is 0 Å². The highest BCUT2D eigenvalue weighted by atomic mass is 15.1. The van der Waals surface area contributed by atoms with Crippen LogP contribution in [-0.4, -0.2) is 41.1 Å². The van der Waals surface area contributed by atoms with Crippen molar-refractivity contribution in [1.29, 1.82) is 0 Å². The van der Waals surface area contributed by atoms with E-state index in [1.165, 1.54) is 25.2 Å². The Morgan fingerprint density at radius 3 is 3.12 bits per heavy atom. The second kappa shape index (κ2) is 6.17. The van der Waals surface area contributed by atoms with E-state index in [4.69, 9.17) is 0 Å². The predicted octanol–water partition coefficient (Wildman–Crippen LogP) is 1.33. The number of rotatable bonds is 6. The van der Waals surface area contributed by atoms with E-state index in [1.54, 1.807) is 0 Å². The van der Waals surface area contributed by atoms with Crippen LogP contribution in [0.4, 0.5) is 0 Å². The van der Waals surface area contributed by atoms with Gasteiger partial charge < -0.3 is 14.8 Å². The second-order valence-electron chi connectivity index (χ2n) is 5.13. The van der Waals surface area contributed by atoms with E-state index in [-0.39, 0.29) is 0 Å². The fourth-order valence-electron chi connectivity index (χ4n) is 2.53. The number of hydrogen-bond donors (Lipinski definition) is 1. The lowest BCUT2D eigenvalue weighted by Gasteiger charge is -2.12. The highest BCUT2D eigenvalue weighted by Gasteiger charge is 2.18. The summed E-state index contributed by atoms with van der Waals surface area (Å²) in [7, 11) is 2.20. The Balaban J connectivity index is 1.72. The van der Waals surface area contributed by atoms with Crippen molar-refractivity contribution in [2.75, 3.05) is 26.7 Å². The molecular weight excluding hydrogens is 212 g/mol. The Bertz CT molecular complexity index is 334. The van der Waals surface area contributed by atoms with Crippen LogP contribution in [0.25, 0.3) is 0 Å². The molecule has 4 heteroatoms. The predicted molar refractivity (Wildman–Crippen MR) is 69.8 cm³/mol. The maximum atomic E-state index is 4.22. The number of hydrogen-bond acceptors (Lipinski definition) is 3. The molecule has 96 valence electrons. The average molecular weight is 236 g/mol. The number of likely N-dealkylation sites (tertiary alicyclic amines) is 1. The fourth-order valence-corrected chi connectivity index (χ4v) is 2.53. The Kier molecular flexibility index (Phi) is 4.57. The molecule has 1 aromatic heterocycles. The van der Waals surface area contributed by atoms with Crippen molar-refractivity contribution in [3.63, 3.8) is 0 Å². The lowest BCUT2D eigenvalue weighted by molar-refractivity contribution is 0.387. The summed E-state index contributed by atoms with van der Waals surface area (Å²) >= 11 is 0. The van der Waals surface area contributed by atoms with E-state index >= 15 is 0 Å². The van der Waals surface area contributed by atoms with Gasteiger partial charge in [-0.2, -0.15) is 0 Å². The summed E-state index contributed by atoms with van der Waals surface area (Å²) in [5.41, 5.74) is 1.30. The van der Waals surface area contributed by atoms with Crippen LogP contribution in [0.5, 0.6) is 0 Å².